The molecule has 0 spiro atoms. The van der Waals surface area contributed by atoms with Crippen molar-refractivity contribution in [1.29, 1.82) is 0 Å². The molecule has 0 saturated heterocycles. The van der Waals surface area contributed by atoms with Crippen molar-refractivity contribution >= 4 is 5.84 Å². The van der Waals surface area contributed by atoms with Gasteiger partial charge in [0.15, 0.2) is 0 Å². The number of hydrogen-bond acceptors (Lipinski definition) is 3. The molecule has 0 aromatic heterocycles. The molecule has 0 amide bonds. The molecule has 0 saturated carbocycles. The van der Waals surface area contributed by atoms with Crippen LogP contribution >= 0.6 is 0 Å². The van der Waals surface area contributed by atoms with Gasteiger partial charge < -0.3 is 15.8 Å². The molecule has 16 heavy (non-hydrogen) atoms. The zero-order valence-electron chi connectivity index (χ0n) is 11.5. The van der Waals surface area contributed by atoms with E-state index in [0.717, 1.165) is 13.0 Å². The number of nitrogens with two attached hydrogens (primary N) is 1. The molecule has 3 N–H and O–H groups in total. The topological polar surface area (TPSA) is 61.8 Å². The van der Waals surface area contributed by atoms with E-state index in [9.17, 15) is 0 Å². The van der Waals surface area contributed by atoms with Crippen molar-refractivity contribution in [3.63, 3.8) is 0 Å². The number of amidine groups is 1. The van der Waals surface area contributed by atoms with Gasteiger partial charge in [0.05, 0.1) is 0 Å². The molecule has 4 nitrogen and oxygen atoms in total. The Hall–Kier alpha value is -0.770. The minimum Gasteiger partial charge on any atom is -0.409 e. The molecule has 0 radical (unpaired) electrons. The summed E-state index contributed by atoms with van der Waals surface area (Å²) in [4.78, 5) is 2.32. The van der Waals surface area contributed by atoms with E-state index in [2.05, 4.69) is 37.9 Å². The van der Waals surface area contributed by atoms with Gasteiger partial charge in [0.2, 0.25) is 0 Å². The number of hydrogen-bond donors (Lipinski definition) is 2. The van der Waals surface area contributed by atoms with E-state index >= 15 is 0 Å². The Bertz CT molecular complexity index is 236. The van der Waals surface area contributed by atoms with Crippen LogP contribution in [-0.4, -0.2) is 35.6 Å². The molecule has 0 bridgehead atoms. The van der Waals surface area contributed by atoms with Crippen LogP contribution in [-0.2, 0) is 0 Å². The summed E-state index contributed by atoms with van der Waals surface area (Å²) < 4.78 is 0. The van der Waals surface area contributed by atoms with E-state index in [0.29, 0.717) is 17.8 Å². The highest BCUT2D eigenvalue weighted by Crippen LogP contribution is 2.21. The van der Waals surface area contributed by atoms with Crippen LogP contribution < -0.4 is 5.73 Å². The summed E-state index contributed by atoms with van der Waals surface area (Å²) in [6, 6.07) is 0.545. The molecule has 0 aliphatic rings. The second-order valence-electron chi connectivity index (χ2n) is 5.58. The first-order valence-corrected chi connectivity index (χ1v) is 5.90. The molecule has 4 heteroatoms. The summed E-state index contributed by atoms with van der Waals surface area (Å²) in [7, 11) is 2.12. The largest absolute Gasteiger partial charge is 0.409 e. The minimum atomic E-state index is -0.250. The first kappa shape index (κ1) is 15.2. The fourth-order valence-corrected chi connectivity index (χ4v) is 1.43. The van der Waals surface area contributed by atoms with E-state index < -0.39 is 0 Å². The molecule has 0 aromatic carbocycles. The second-order valence-corrected chi connectivity index (χ2v) is 5.58. The lowest BCUT2D eigenvalue weighted by Crippen LogP contribution is -2.39. The van der Waals surface area contributed by atoms with Crippen molar-refractivity contribution < 1.29 is 5.21 Å². The molecule has 96 valence electrons. The highest BCUT2D eigenvalue weighted by Gasteiger charge is 2.25. The van der Waals surface area contributed by atoms with Gasteiger partial charge in [0, 0.05) is 11.5 Å². The maximum Gasteiger partial charge on any atom is 0.144 e. The van der Waals surface area contributed by atoms with Crippen LogP contribution in [0.4, 0.5) is 0 Å². The molecule has 0 heterocycles. The summed E-state index contributed by atoms with van der Waals surface area (Å²) in [5.41, 5.74) is 5.40. The monoisotopic (exact) mass is 229 g/mol. The van der Waals surface area contributed by atoms with Crippen LogP contribution in [0.2, 0.25) is 0 Å². The Balaban J connectivity index is 4.25. The molecular weight excluding hydrogens is 202 g/mol. The third kappa shape index (κ3) is 4.39. The first-order chi connectivity index (χ1) is 7.22. The Morgan fingerprint density at radius 2 is 1.88 bits per heavy atom. The number of oxime groups is 1. The lowest BCUT2D eigenvalue weighted by molar-refractivity contribution is 0.189. The number of rotatable bonds is 6. The molecule has 0 aliphatic carbocycles. The van der Waals surface area contributed by atoms with Gasteiger partial charge in [-0.25, -0.2) is 0 Å². The van der Waals surface area contributed by atoms with Crippen molar-refractivity contribution in [2.45, 2.75) is 47.1 Å². The predicted molar refractivity (Wildman–Crippen MR) is 68.7 cm³/mol. The van der Waals surface area contributed by atoms with Crippen LogP contribution in [0, 0.1) is 11.3 Å². The van der Waals surface area contributed by atoms with E-state index in [4.69, 9.17) is 10.9 Å². The van der Waals surface area contributed by atoms with E-state index in [-0.39, 0.29) is 5.41 Å². The summed E-state index contributed by atoms with van der Waals surface area (Å²) in [5.74, 6) is 0.940. The fourth-order valence-electron chi connectivity index (χ4n) is 1.43. The van der Waals surface area contributed by atoms with Crippen LogP contribution in [0.3, 0.4) is 0 Å². The molecule has 1 unspecified atom stereocenters. The lowest BCUT2D eigenvalue weighted by Gasteiger charge is -2.31. The van der Waals surface area contributed by atoms with Gasteiger partial charge in [-0.15, -0.1) is 0 Å². The molecule has 1 atom stereocenters. The summed E-state index contributed by atoms with van der Waals surface area (Å²) in [6.07, 6.45) is 0.885. The normalized spacial score (nSPS) is 15.9. The van der Waals surface area contributed by atoms with Crippen molar-refractivity contribution in [3.8, 4) is 0 Å². The summed E-state index contributed by atoms with van der Waals surface area (Å²) in [6.45, 7) is 11.6. The van der Waals surface area contributed by atoms with Crippen molar-refractivity contribution in [3.05, 3.63) is 0 Å². The van der Waals surface area contributed by atoms with Crippen LogP contribution in [0.25, 0.3) is 0 Å². The molecule has 0 aromatic rings. The standard InChI is InChI=1S/C12H27N3O/c1-9(2)10(3)15(6)8-7-12(4,5)11(13)14-16/h9-10,16H,7-8H2,1-6H3,(H2,13,14). The van der Waals surface area contributed by atoms with Gasteiger partial charge in [-0.2, -0.15) is 0 Å². The maximum absolute atomic E-state index is 8.68. The fraction of sp³-hybridized carbons (Fsp3) is 0.917. The predicted octanol–water partition coefficient (Wildman–Crippen LogP) is 2.13. The lowest BCUT2D eigenvalue weighted by atomic mass is 9.87. The Labute approximate surface area is 99.5 Å². The van der Waals surface area contributed by atoms with Gasteiger partial charge in [0.25, 0.3) is 0 Å². The third-order valence-electron chi connectivity index (χ3n) is 3.55. The average molecular weight is 229 g/mol. The quantitative estimate of drug-likeness (QED) is 0.317. The second kappa shape index (κ2) is 6.09. The highest BCUT2D eigenvalue weighted by molar-refractivity contribution is 5.85. The molecule has 0 aliphatic heterocycles. The minimum absolute atomic E-state index is 0.250. The zero-order chi connectivity index (χ0) is 12.9. The zero-order valence-corrected chi connectivity index (χ0v) is 11.5. The Morgan fingerprint density at radius 1 is 1.38 bits per heavy atom. The van der Waals surface area contributed by atoms with Crippen molar-refractivity contribution in [2.75, 3.05) is 13.6 Å². The number of nitrogens with zero attached hydrogens (tertiary/aromatic N) is 2. The van der Waals surface area contributed by atoms with Gasteiger partial charge in [-0.05, 0) is 32.9 Å². The Kier molecular flexibility index (Phi) is 5.79. The van der Waals surface area contributed by atoms with Crippen molar-refractivity contribution in [2.24, 2.45) is 22.2 Å². The molecule has 0 fully saturated rings. The SMILES string of the molecule is CC(C)C(C)N(C)CCC(C)(C)C(N)=NO. The van der Waals surface area contributed by atoms with E-state index in [1.165, 1.54) is 0 Å². The smallest absolute Gasteiger partial charge is 0.144 e. The highest BCUT2D eigenvalue weighted by atomic mass is 16.4. The van der Waals surface area contributed by atoms with Gasteiger partial charge >= 0.3 is 0 Å². The first-order valence-electron chi connectivity index (χ1n) is 5.90. The van der Waals surface area contributed by atoms with Crippen molar-refractivity contribution in [1.82, 2.24) is 4.90 Å². The molecular formula is C12H27N3O. The summed E-state index contributed by atoms with van der Waals surface area (Å²) in [5, 5.41) is 11.8. The maximum atomic E-state index is 8.68. The van der Waals surface area contributed by atoms with Crippen LogP contribution in [0.15, 0.2) is 5.16 Å². The van der Waals surface area contributed by atoms with E-state index in [1.54, 1.807) is 0 Å². The average Bonchev–Trinajstić information content (AvgIpc) is 2.23. The van der Waals surface area contributed by atoms with Gasteiger partial charge in [-0.1, -0.05) is 32.9 Å². The van der Waals surface area contributed by atoms with Crippen LogP contribution in [0.1, 0.15) is 41.0 Å². The summed E-state index contributed by atoms with van der Waals surface area (Å²) >= 11 is 0. The third-order valence-corrected chi connectivity index (χ3v) is 3.55. The Morgan fingerprint density at radius 3 is 2.25 bits per heavy atom. The van der Waals surface area contributed by atoms with Crippen LogP contribution in [0.5, 0.6) is 0 Å². The van der Waals surface area contributed by atoms with Gasteiger partial charge in [0.1, 0.15) is 5.84 Å². The van der Waals surface area contributed by atoms with E-state index in [1.807, 2.05) is 13.8 Å². The van der Waals surface area contributed by atoms with Gasteiger partial charge in [-0.3, -0.25) is 0 Å². The molecule has 0 rings (SSSR count).